The van der Waals surface area contributed by atoms with Crippen molar-refractivity contribution in [1.82, 2.24) is 10.6 Å². The van der Waals surface area contributed by atoms with Crippen molar-refractivity contribution in [3.63, 3.8) is 0 Å². The second-order valence-electron chi connectivity index (χ2n) is 5.29. The quantitative estimate of drug-likeness (QED) is 0.625. The summed E-state index contributed by atoms with van der Waals surface area (Å²) in [5.41, 5.74) is -1.86. The van der Waals surface area contributed by atoms with E-state index in [9.17, 15) is 9.59 Å². The van der Waals surface area contributed by atoms with Crippen molar-refractivity contribution in [1.29, 1.82) is 0 Å². The maximum Gasteiger partial charge on any atom is 0.315 e. The van der Waals surface area contributed by atoms with Crippen LogP contribution in [-0.4, -0.2) is 29.2 Å². The van der Waals surface area contributed by atoms with Crippen molar-refractivity contribution < 1.29 is 14.7 Å². The van der Waals surface area contributed by atoms with Gasteiger partial charge in [0.25, 0.3) is 0 Å². The summed E-state index contributed by atoms with van der Waals surface area (Å²) in [7, 11) is 0. The molecule has 0 bridgehead atoms. The smallest absolute Gasteiger partial charge is 0.315 e. The van der Waals surface area contributed by atoms with Crippen molar-refractivity contribution in [2.75, 3.05) is 6.54 Å². The van der Waals surface area contributed by atoms with Gasteiger partial charge in [0.15, 0.2) is 0 Å². The Morgan fingerprint density at radius 3 is 2.12 bits per heavy atom. The number of urea groups is 1. The van der Waals surface area contributed by atoms with Crippen molar-refractivity contribution in [3.8, 4) is 0 Å². The fourth-order valence-corrected chi connectivity index (χ4v) is 1.13. The zero-order chi connectivity index (χ0) is 13.7. The molecule has 0 rings (SSSR count). The molecule has 0 aliphatic carbocycles. The summed E-state index contributed by atoms with van der Waals surface area (Å²) in [5.74, 6) is -0.934. The maximum absolute atomic E-state index is 11.6. The van der Waals surface area contributed by atoms with Crippen LogP contribution >= 0.6 is 0 Å². The number of aliphatic carboxylic acids is 1. The van der Waals surface area contributed by atoms with E-state index < -0.39 is 16.9 Å². The maximum atomic E-state index is 11.6. The lowest BCUT2D eigenvalue weighted by Gasteiger charge is -2.38. The van der Waals surface area contributed by atoms with Gasteiger partial charge in [-0.1, -0.05) is 13.3 Å². The minimum absolute atomic E-state index is 0.322. The molecule has 0 aromatic heterocycles. The molecule has 0 aliphatic heterocycles. The van der Waals surface area contributed by atoms with Crippen LogP contribution < -0.4 is 10.6 Å². The van der Waals surface area contributed by atoms with E-state index in [1.807, 2.05) is 6.92 Å². The number of nitrogens with one attached hydrogen (secondary N) is 2. The van der Waals surface area contributed by atoms with Gasteiger partial charge in [-0.25, -0.2) is 4.79 Å². The highest BCUT2D eigenvalue weighted by Gasteiger charge is 2.44. The lowest BCUT2D eigenvalue weighted by molar-refractivity contribution is -0.150. The van der Waals surface area contributed by atoms with Crippen LogP contribution in [0.1, 0.15) is 47.5 Å². The molecule has 100 valence electrons. The van der Waals surface area contributed by atoms with E-state index in [-0.39, 0.29) is 6.03 Å². The molecular weight excluding hydrogens is 220 g/mol. The molecule has 0 aromatic rings. The first-order chi connectivity index (χ1) is 7.65. The Labute approximate surface area is 103 Å². The van der Waals surface area contributed by atoms with Gasteiger partial charge in [-0.15, -0.1) is 0 Å². The van der Waals surface area contributed by atoms with E-state index in [1.54, 1.807) is 27.7 Å². The molecule has 2 amide bonds. The number of rotatable bonds is 6. The average Bonchev–Trinajstić information content (AvgIpc) is 2.16. The number of carbonyl (C=O) groups is 2. The summed E-state index contributed by atoms with van der Waals surface area (Å²) in [4.78, 5) is 22.7. The molecule has 0 unspecified atom stereocenters. The van der Waals surface area contributed by atoms with Gasteiger partial charge in [0.05, 0.1) is 11.0 Å². The number of hydrogen-bond acceptors (Lipinski definition) is 2. The standard InChI is InChI=1S/C12H24N2O3/c1-6-7-8-13-10(17)14-12(4,5)11(2,3)9(15)16/h6-8H2,1-5H3,(H,15,16)(H2,13,14,17). The van der Waals surface area contributed by atoms with Crippen molar-refractivity contribution in [2.45, 2.75) is 53.0 Å². The van der Waals surface area contributed by atoms with Crippen molar-refractivity contribution in [3.05, 3.63) is 0 Å². The number of carboxylic acids is 1. The molecule has 0 atom stereocenters. The Balaban J connectivity index is 4.44. The van der Waals surface area contributed by atoms with Crippen LogP contribution in [0.5, 0.6) is 0 Å². The summed E-state index contributed by atoms with van der Waals surface area (Å²) >= 11 is 0. The van der Waals surface area contributed by atoms with E-state index >= 15 is 0 Å². The van der Waals surface area contributed by atoms with Crippen molar-refractivity contribution in [2.24, 2.45) is 5.41 Å². The molecular formula is C12H24N2O3. The van der Waals surface area contributed by atoms with E-state index in [4.69, 9.17) is 5.11 Å². The van der Waals surface area contributed by atoms with E-state index in [1.165, 1.54) is 0 Å². The summed E-state index contributed by atoms with van der Waals surface area (Å²) in [5, 5.41) is 14.5. The predicted molar refractivity (Wildman–Crippen MR) is 66.9 cm³/mol. The summed E-state index contributed by atoms with van der Waals surface area (Å²) in [6.45, 7) is 9.26. The molecule has 0 saturated heterocycles. The molecule has 0 saturated carbocycles. The van der Waals surface area contributed by atoms with Gasteiger partial charge in [-0.05, 0) is 34.1 Å². The van der Waals surface area contributed by atoms with Crippen LogP contribution in [0.2, 0.25) is 0 Å². The van der Waals surface area contributed by atoms with Crippen LogP contribution in [0, 0.1) is 5.41 Å². The Kier molecular flexibility index (Phi) is 5.45. The van der Waals surface area contributed by atoms with E-state index in [0.29, 0.717) is 6.54 Å². The SMILES string of the molecule is CCCCNC(=O)NC(C)(C)C(C)(C)C(=O)O. The lowest BCUT2D eigenvalue weighted by Crippen LogP contribution is -2.59. The predicted octanol–water partition coefficient (Wildman–Crippen LogP) is 1.98. The normalized spacial score (nSPS) is 12.1. The van der Waals surface area contributed by atoms with Crippen LogP contribution in [0.3, 0.4) is 0 Å². The molecule has 5 heteroatoms. The van der Waals surface area contributed by atoms with E-state index in [0.717, 1.165) is 12.8 Å². The second kappa shape index (κ2) is 5.89. The highest BCUT2D eigenvalue weighted by molar-refractivity contribution is 5.79. The van der Waals surface area contributed by atoms with Crippen LogP contribution in [0.15, 0.2) is 0 Å². The van der Waals surface area contributed by atoms with Gasteiger partial charge in [-0.2, -0.15) is 0 Å². The first kappa shape index (κ1) is 15.7. The lowest BCUT2D eigenvalue weighted by atomic mass is 9.74. The molecule has 0 aromatic carbocycles. The second-order valence-corrected chi connectivity index (χ2v) is 5.29. The Hall–Kier alpha value is -1.26. The fraction of sp³-hybridized carbons (Fsp3) is 0.833. The highest BCUT2D eigenvalue weighted by atomic mass is 16.4. The van der Waals surface area contributed by atoms with Gasteiger partial charge in [0.1, 0.15) is 0 Å². The molecule has 0 spiro atoms. The largest absolute Gasteiger partial charge is 0.481 e. The zero-order valence-corrected chi connectivity index (χ0v) is 11.4. The Morgan fingerprint density at radius 2 is 1.71 bits per heavy atom. The minimum Gasteiger partial charge on any atom is -0.481 e. The van der Waals surface area contributed by atoms with Gasteiger partial charge in [-0.3, -0.25) is 4.79 Å². The average molecular weight is 244 g/mol. The number of hydrogen-bond donors (Lipinski definition) is 3. The third-order valence-electron chi connectivity index (χ3n) is 3.34. The number of carbonyl (C=O) groups excluding carboxylic acids is 1. The van der Waals surface area contributed by atoms with Crippen LogP contribution in [0.4, 0.5) is 4.79 Å². The Morgan fingerprint density at radius 1 is 1.18 bits per heavy atom. The van der Waals surface area contributed by atoms with Gasteiger partial charge in [0.2, 0.25) is 0 Å². The fourth-order valence-electron chi connectivity index (χ4n) is 1.13. The topological polar surface area (TPSA) is 78.4 Å². The third kappa shape index (κ3) is 4.24. The third-order valence-corrected chi connectivity index (χ3v) is 3.34. The summed E-state index contributed by atoms with van der Waals surface area (Å²) < 4.78 is 0. The van der Waals surface area contributed by atoms with E-state index in [2.05, 4.69) is 10.6 Å². The highest BCUT2D eigenvalue weighted by Crippen LogP contribution is 2.30. The first-order valence-corrected chi connectivity index (χ1v) is 5.94. The minimum atomic E-state index is -1.03. The number of carboxylic acid groups (broad SMARTS) is 1. The van der Waals surface area contributed by atoms with Gasteiger partial charge >= 0.3 is 12.0 Å². The molecule has 0 radical (unpaired) electrons. The summed E-state index contributed by atoms with van der Waals surface area (Å²) in [6, 6.07) is -0.322. The van der Waals surface area contributed by atoms with Gasteiger partial charge < -0.3 is 15.7 Å². The molecule has 3 N–H and O–H groups in total. The molecule has 17 heavy (non-hydrogen) atoms. The molecule has 0 aliphatic rings. The Bertz CT molecular complexity index is 285. The van der Waals surface area contributed by atoms with Crippen LogP contribution in [0.25, 0.3) is 0 Å². The number of unbranched alkanes of at least 4 members (excludes halogenated alkanes) is 1. The molecule has 0 heterocycles. The zero-order valence-electron chi connectivity index (χ0n) is 11.4. The summed E-state index contributed by atoms with van der Waals surface area (Å²) in [6.07, 6.45) is 1.92. The van der Waals surface area contributed by atoms with Gasteiger partial charge in [0, 0.05) is 6.54 Å². The monoisotopic (exact) mass is 244 g/mol. The van der Waals surface area contributed by atoms with Crippen molar-refractivity contribution >= 4 is 12.0 Å². The van der Waals surface area contributed by atoms with Crippen LogP contribution in [-0.2, 0) is 4.79 Å². The molecule has 5 nitrogen and oxygen atoms in total. The first-order valence-electron chi connectivity index (χ1n) is 5.94. The number of amides is 2. The molecule has 0 fully saturated rings.